The van der Waals surface area contributed by atoms with Crippen LogP contribution < -0.4 is 10.6 Å². The Labute approximate surface area is 103 Å². The van der Waals surface area contributed by atoms with E-state index in [2.05, 4.69) is 36.5 Å². The smallest absolute Gasteiger partial charge is 0.145 e. The van der Waals surface area contributed by atoms with Crippen LogP contribution in [0.4, 0.5) is 11.6 Å². The minimum atomic E-state index is -0.103. The molecule has 0 aliphatic heterocycles. The van der Waals surface area contributed by atoms with Crippen molar-refractivity contribution in [2.45, 2.75) is 18.9 Å². The molecule has 0 saturated heterocycles. The van der Waals surface area contributed by atoms with Gasteiger partial charge in [0.25, 0.3) is 0 Å². The minimum absolute atomic E-state index is 0.103. The molecular formula is C10H15BrN4O. The van der Waals surface area contributed by atoms with Crippen molar-refractivity contribution < 1.29 is 5.11 Å². The highest BCUT2D eigenvalue weighted by atomic mass is 79.9. The summed E-state index contributed by atoms with van der Waals surface area (Å²) in [7, 11) is 1.82. The van der Waals surface area contributed by atoms with Gasteiger partial charge in [-0.15, -0.1) is 0 Å². The molecule has 16 heavy (non-hydrogen) atoms. The van der Waals surface area contributed by atoms with Gasteiger partial charge in [0.1, 0.15) is 22.4 Å². The van der Waals surface area contributed by atoms with Crippen LogP contribution in [0.1, 0.15) is 12.8 Å². The van der Waals surface area contributed by atoms with Gasteiger partial charge in [-0.3, -0.25) is 0 Å². The van der Waals surface area contributed by atoms with E-state index >= 15 is 0 Å². The third kappa shape index (κ3) is 2.44. The van der Waals surface area contributed by atoms with Crippen LogP contribution in [0, 0.1) is 5.92 Å². The van der Waals surface area contributed by atoms with Crippen LogP contribution >= 0.6 is 15.9 Å². The van der Waals surface area contributed by atoms with Gasteiger partial charge in [-0.1, -0.05) is 0 Å². The maximum absolute atomic E-state index is 9.18. The quantitative estimate of drug-likeness (QED) is 0.782. The lowest BCUT2D eigenvalue weighted by Crippen LogP contribution is -2.33. The molecule has 0 aromatic carbocycles. The molecule has 1 fully saturated rings. The lowest BCUT2D eigenvalue weighted by molar-refractivity contribution is 0.0486. The van der Waals surface area contributed by atoms with Gasteiger partial charge < -0.3 is 15.7 Å². The second-order valence-corrected chi connectivity index (χ2v) is 4.80. The van der Waals surface area contributed by atoms with Crippen molar-refractivity contribution in [2.75, 3.05) is 24.2 Å². The molecule has 88 valence electrons. The molecule has 5 nitrogen and oxygen atoms in total. The topological polar surface area (TPSA) is 70.1 Å². The van der Waals surface area contributed by atoms with Crippen LogP contribution in [0.25, 0.3) is 0 Å². The van der Waals surface area contributed by atoms with E-state index in [1.54, 1.807) is 0 Å². The molecule has 0 amide bonds. The summed E-state index contributed by atoms with van der Waals surface area (Å²) in [4.78, 5) is 8.25. The summed E-state index contributed by atoms with van der Waals surface area (Å²) in [6.45, 7) is 0.843. The van der Waals surface area contributed by atoms with Gasteiger partial charge >= 0.3 is 0 Å². The first kappa shape index (κ1) is 11.6. The second kappa shape index (κ2) is 4.97. The number of hydrogen-bond donors (Lipinski definition) is 3. The fraction of sp³-hybridized carbons (Fsp3) is 0.600. The molecule has 0 atom stereocenters. The third-order valence-electron chi connectivity index (χ3n) is 2.80. The summed E-state index contributed by atoms with van der Waals surface area (Å²) in [6.07, 6.45) is 3.19. The van der Waals surface area contributed by atoms with Crippen LogP contribution in [0.3, 0.4) is 0 Å². The van der Waals surface area contributed by atoms with Gasteiger partial charge in [0.2, 0.25) is 0 Å². The first-order chi connectivity index (χ1) is 7.70. The van der Waals surface area contributed by atoms with E-state index in [0.29, 0.717) is 5.92 Å². The Morgan fingerprint density at radius 1 is 1.44 bits per heavy atom. The Kier molecular flexibility index (Phi) is 3.60. The van der Waals surface area contributed by atoms with Gasteiger partial charge in [0.15, 0.2) is 0 Å². The van der Waals surface area contributed by atoms with Gasteiger partial charge in [0, 0.05) is 13.6 Å². The monoisotopic (exact) mass is 286 g/mol. The van der Waals surface area contributed by atoms with E-state index in [9.17, 15) is 5.11 Å². The molecular weight excluding hydrogens is 272 g/mol. The summed E-state index contributed by atoms with van der Waals surface area (Å²) >= 11 is 3.44. The summed E-state index contributed by atoms with van der Waals surface area (Å²) in [5, 5.41) is 15.4. The van der Waals surface area contributed by atoms with E-state index < -0.39 is 0 Å². The maximum Gasteiger partial charge on any atom is 0.145 e. The predicted molar refractivity (Wildman–Crippen MR) is 66.5 cm³/mol. The number of aliphatic hydroxyl groups is 1. The minimum Gasteiger partial charge on any atom is -0.393 e. The highest BCUT2D eigenvalue weighted by Crippen LogP contribution is 2.30. The maximum atomic E-state index is 9.18. The summed E-state index contributed by atoms with van der Waals surface area (Å²) in [6, 6.07) is 0. The van der Waals surface area contributed by atoms with Crippen molar-refractivity contribution >= 4 is 27.6 Å². The lowest BCUT2D eigenvalue weighted by Gasteiger charge is -2.31. The Balaban J connectivity index is 1.93. The van der Waals surface area contributed by atoms with Crippen molar-refractivity contribution in [3.8, 4) is 0 Å². The zero-order valence-corrected chi connectivity index (χ0v) is 10.7. The first-order valence-corrected chi connectivity index (χ1v) is 6.10. The molecule has 1 aliphatic rings. The summed E-state index contributed by atoms with van der Waals surface area (Å²) < 4.78 is 0.845. The van der Waals surface area contributed by atoms with Crippen molar-refractivity contribution in [1.82, 2.24) is 9.97 Å². The van der Waals surface area contributed by atoms with E-state index in [1.165, 1.54) is 6.33 Å². The molecule has 2 rings (SSSR count). The number of nitrogens with zero attached hydrogens (tertiary/aromatic N) is 2. The Morgan fingerprint density at radius 3 is 2.75 bits per heavy atom. The third-order valence-corrected chi connectivity index (χ3v) is 3.55. The average molecular weight is 287 g/mol. The number of hydrogen-bond acceptors (Lipinski definition) is 5. The number of aromatic nitrogens is 2. The zero-order chi connectivity index (χ0) is 11.5. The summed E-state index contributed by atoms with van der Waals surface area (Å²) in [5.41, 5.74) is 0. The van der Waals surface area contributed by atoms with E-state index in [0.717, 1.165) is 35.5 Å². The lowest BCUT2D eigenvalue weighted by atomic mass is 9.82. The molecule has 1 heterocycles. The molecule has 1 aromatic rings. The predicted octanol–water partition coefficient (Wildman–Crippen LogP) is 1.46. The second-order valence-electron chi connectivity index (χ2n) is 4.01. The molecule has 1 aromatic heterocycles. The number of nitrogens with one attached hydrogen (secondary N) is 2. The van der Waals surface area contributed by atoms with Crippen molar-refractivity contribution in [1.29, 1.82) is 0 Å². The average Bonchev–Trinajstić information content (AvgIpc) is 2.24. The van der Waals surface area contributed by atoms with Gasteiger partial charge in [-0.2, -0.15) is 0 Å². The molecule has 1 saturated carbocycles. The van der Waals surface area contributed by atoms with Crippen LogP contribution in [0.2, 0.25) is 0 Å². The largest absolute Gasteiger partial charge is 0.393 e. The van der Waals surface area contributed by atoms with Crippen molar-refractivity contribution in [3.63, 3.8) is 0 Å². The van der Waals surface area contributed by atoms with Crippen LogP contribution in [0.5, 0.6) is 0 Å². The molecule has 0 unspecified atom stereocenters. The molecule has 6 heteroatoms. The van der Waals surface area contributed by atoms with E-state index in [4.69, 9.17) is 0 Å². The van der Waals surface area contributed by atoms with Crippen LogP contribution in [0.15, 0.2) is 10.8 Å². The molecule has 0 bridgehead atoms. The Bertz CT molecular complexity index is 368. The number of aliphatic hydroxyl groups excluding tert-OH is 1. The van der Waals surface area contributed by atoms with E-state index in [1.807, 2.05) is 7.05 Å². The number of rotatable bonds is 4. The zero-order valence-electron chi connectivity index (χ0n) is 9.07. The normalized spacial score (nSPS) is 23.7. The van der Waals surface area contributed by atoms with Crippen molar-refractivity contribution in [2.24, 2.45) is 5.92 Å². The fourth-order valence-corrected chi connectivity index (χ4v) is 2.32. The standard InChI is InChI=1S/C10H15BrN4O/c1-12-9-8(11)10(15-5-14-9)13-4-6-2-7(16)3-6/h5-7,16H,2-4H2,1H3,(H2,12,13,14,15). The van der Waals surface area contributed by atoms with Crippen LogP contribution in [-0.4, -0.2) is 34.8 Å². The van der Waals surface area contributed by atoms with Gasteiger partial charge in [-0.25, -0.2) is 9.97 Å². The van der Waals surface area contributed by atoms with Gasteiger partial charge in [-0.05, 0) is 34.7 Å². The van der Waals surface area contributed by atoms with Gasteiger partial charge in [0.05, 0.1) is 6.10 Å². The first-order valence-electron chi connectivity index (χ1n) is 5.31. The Morgan fingerprint density at radius 2 is 2.12 bits per heavy atom. The molecule has 0 radical (unpaired) electrons. The SMILES string of the molecule is CNc1ncnc(NCC2CC(O)C2)c1Br. The Hall–Kier alpha value is -0.880. The van der Waals surface area contributed by atoms with Crippen molar-refractivity contribution in [3.05, 3.63) is 10.8 Å². The highest BCUT2D eigenvalue weighted by Gasteiger charge is 2.26. The molecule has 1 aliphatic carbocycles. The summed E-state index contributed by atoms with van der Waals surface area (Å²) in [5.74, 6) is 2.11. The highest BCUT2D eigenvalue weighted by molar-refractivity contribution is 9.10. The number of halogens is 1. The molecule has 3 N–H and O–H groups in total. The number of anilines is 2. The molecule has 0 spiro atoms. The fourth-order valence-electron chi connectivity index (χ4n) is 1.78. The van der Waals surface area contributed by atoms with E-state index in [-0.39, 0.29) is 6.10 Å². The van der Waals surface area contributed by atoms with Crippen LogP contribution in [-0.2, 0) is 0 Å².